The fraction of sp³-hybridized carbons (Fsp3) is 0.265. The van der Waals surface area contributed by atoms with Gasteiger partial charge in [-0.2, -0.15) is 4.73 Å². The standard InChI is InChI=1S/C34H35N3O7S/c1-42-32(39)29(19-23-7-3-2-4-8-23)36-34(40)35-27-16-14-26(15-17-27)33-43-28(22-45-31-9-5-6-18-37(31)41)20-30(44-33)25-12-10-24(21-38)11-13-25/h2-18,28-30,33,38H,19-22H2,1H3,(H2,35,36,40)/t28-,29+,30+,33+/m1/s1. The predicted molar refractivity (Wildman–Crippen MR) is 169 cm³/mol. The van der Waals surface area contributed by atoms with Crippen molar-refractivity contribution in [1.29, 1.82) is 0 Å². The number of nitrogens with one attached hydrogen (secondary N) is 2. The van der Waals surface area contributed by atoms with E-state index in [0.717, 1.165) is 27.0 Å². The number of nitrogens with zero attached hydrogens (tertiary/aromatic N) is 1. The highest BCUT2D eigenvalue weighted by Gasteiger charge is 2.33. The Morgan fingerprint density at radius 1 is 0.956 bits per heavy atom. The van der Waals surface area contributed by atoms with Crippen LogP contribution in [-0.2, 0) is 32.0 Å². The van der Waals surface area contributed by atoms with E-state index in [0.29, 0.717) is 29.3 Å². The van der Waals surface area contributed by atoms with Gasteiger partial charge in [0.1, 0.15) is 6.04 Å². The fourth-order valence-corrected chi connectivity index (χ4v) is 5.89. The van der Waals surface area contributed by atoms with Crippen molar-refractivity contribution in [3.8, 4) is 0 Å². The number of esters is 1. The summed E-state index contributed by atoms with van der Waals surface area (Å²) in [6.07, 6.45) is 1.15. The molecule has 1 fully saturated rings. The van der Waals surface area contributed by atoms with Gasteiger partial charge in [0.15, 0.2) is 12.5 Å². The van der Waals surface area contributed by atoms with Crippen molar-refractivity contribution in [3.05, 3.63) is 131 Å². The molecule has 234 valence electrons. The number of ether oxygens (including phenoxy) is 3. The van der Waals surface area contributed by atoms with E-state index in [1.54, 1.807) is 24.3 Å². The van der Waals surface area contributed by atoms with Gasteiger partial charge in [0.25, 0.3) is 5.03 Å². The number of rotatable bonds is 11. The molecule has 0 saturated carbocycles. The van der Waals surface area contributed by atoms with E-state index in [1.807, 2.05) is 72.8 Å². The molecule has 0 aliphatic carbocycles. The van der Waals surface area contributed by atoms with Crippen LogP contribution in [-0.4, -0.2) is 42.1 Å². The second-order valence-electron chi connectivity index (χ2n) is 10.5. The molecule has 5 rings (SSSR count). The summed E-state index contributed by atoms with van der Waals surface area (Å²) in [6.45, 7) is -0.0438. The number of methoxy groups -OCH3 is 1. The van der Waals surface area contributed by atoms with Gasteiger partial charge in [-0.25, -0.2) is 9.59 Å². The SMILES string of the molecule is COC(=O)[C@H](Cc1ccccc1)NC(=O)Nc1ccc([C@H]2O[C@@H](CSc3cccc[n+]3[O-])C[C@@H](c3ccc(CO)cc3)O2)cc1. The first kappa shape index (κ1) is 32.0. The van der Waals surface area contributed by atoms with Crippen LogP contribution in [0.3, 0.4) is 0 Å². The highest BCUT2D eigenvalue weighted by molar-refractivity contribution is 7.99. The van der Waals surface area contributed by atoms with E-state index >= 15 is 0 Å². The molecular formula is C34H35N3O7S. The zero-order chi connectivity index (χ0) is 31.6. The van der Waals surface area contributed by atoms with E-state index in [-0.39, 0.29) is 18.8 Å². The van der Waals surface area contributed by atoms with Crippen molar-refractivity contribution >= 4 is 29.4 Å². The van der Waals surface area contributed by atoms with E-state index < -0.39 is 24.3 Å². The first-order valence-corrected chi connectivity index (χ1v) is 15.5. The third kappa shape index (κ3) is 8.83. The van der Waals surface area contributed by atoms with Crippen molar-refractivity contribution in [2.24, 2.45) is 0 Å². The summed E-state index contributed by atoms with van der Waals surface area (Å²) in [7, 11) is 1.29. The third-order valence-electron chi connectivity index (χ3n) is 7.34. The summed E-state index contributed by atoms with van der Waals surface area (Å²) in [5, 5.41) is 27.7. The van der Waals surface area contributed by atoms with E-state index in [1.165, 1.54) is 25.1 Å². The lowest BCUT2D eigenvalue weighted by atomic mass is 10.0. The molecule has 4 aromatic rings. The number of hydrogen-bond donors (Lipinski definition) is 3. The van der Waals surface area contributed by atoms with Crippen molar-refractivity contribution in [3.63, 3.8) is 0 Å². The Labute approximate surface area is 265 Å². The summed E-state index contributed by atoms with van der Waals surface area (Å²) >= 11 is 1.42. The molecule has 0 radical (unpaired) electrons. The number of hydrogen-bond acceptors (Lipinski definition) is 8. The van der Waals surface area contributed by atoms with Crippen molar-refractivity contribution in [1.82, 2.24) is 5.32 Å². The smallest absolute Gasteiger partial charge is 0.328 e. The molecule has 10 nitrogen and oxygen atoms in total. The van der Waals surface area contributed by atoms with Crippen LogP contribution in [0.5, 0.6) is 0 Å². The van der Waals surface area contributed by atoms with Crippen LogP contribution in [0, 0.1) is 5.21 Å². The number of aromatic nitrogens is 1. The number of carbonyl (C=O) groups excluding carboxylic acids is 2. The van der Waals surface area contributed by atoms with E-state index in [4.69, 9.17) is 14.2 Å². The van der Waals surface area contributed by atoms with Gasteiger partial charge in [-0.15, -0.1) is 0 Å². The van der Waals surface area contributed by atoms with Crippen LogP contribution in [0.15, 0.2) is 108 Å². The Kier molecular flexibility index (Phi) is 11.0. The van der Waals surface area contributed by atoms with Crippen LogP contribution in [0.1, 0.15) is 41.1 Å². The van der Waals surface area contributed by atoms with Crippen molar-refractivity contribution in [2.75, 3.05) is 18.2 Å². The molecule has 3 N–H and O–H groups in total. The van der Waals surface area contributed by atoms with Gasteiger partial charge in [-0.1, -0.05) is 78.5 Å². The number of thioether (sulfide) groups is 1. The monoisotopic (exact) mass is 629 g/mol. The van der Waals surface area contributed by atoms with Crippen molar-refractivity contribution < 1.29 is 33.6 Å². The van der Waals surface area contributed by atoms with Gasteiger partial charge in [-0.05, 0) is 34.9 Å². The normalized spacial score (nSPS) is 18.5. The number of urea groups is 1. The molecule has 3 aromatic carbocycles. The zero-order valence-electron chi connectivity index (χ0n) is 24.7. The third-order valence-corrected chi connectivity index (χ3v) is 8.49. The fourth-order valence-electron chi connectivity index (χ4n) is 4.96. The average Bonchev–Trinajstić information content (AvgIpc) is 3.08. The number of aliphatic hydroxyl groups excluding tert-OH is 1. The van der Waals surface area contributed by atoms with Gasteiger partial charge < -0.3 is 35.2 Å². The maximum Gasteiger partial charge on any atom is 0.328 e. The molecular weight excluding hydrogens is 594 g/mol. The molecule has 11 heteroatoms. The molecule has 2 amide bonds. The van der Waals surface area contributed by atoms with Crippen LogP contribution < -0.4 is 15.4 Å². The molecule has 0 bridgehead atoms. The number of anilines is 1. The largest absolute Gasteiger partial charge is 0.618 e. The maximum atomic E-state index is 12.8. The number of pyridine rings is 1. The molecule has 0 unspecified atom stereocenters. The quantitative estimate of drug-likeness (QED) is 0.0908. The van der Waals surface area contributed by atoms with Crippen LogP contribution in [0.4, 0.5) is 10.5 Å². The Balaban J connectivity index is 1.26. The minimum Gasteiger partial charge on any atom is -0.618 e. The van der Waals surface area contributed by atoms with Gasteiger partial charge in [0, 0.05) is 42.0 Å². The second kappa shape index (κ2) is 15.5. The Morgan fingerprint density at radius 3 is 2.36 bits per heavy atom. The first-order valence-electron chi connectivity index (χ1n) is 14.5. The van der Waals surface area contributed by atoms with E-state index in [9.17, 15) is 19.9 Å². The molecule has 0 spiro atoms. The molecule has 45 heavy (non-hydrogen) atoms. The molecule has 2 heterocycles. The van der Waals surface area contributed by atoms with E-state index in [2.05, 4.69) is 10.6 Å². The zero-order valence-corrected chi connectivity index (χ0v) is 25.5. The highest BCUT2D eigenvalue weighted by Crippen LogP contribution is 2.39. The topological polar surface area (TPSA) is 133 Å². The number of carbonyl (C=O) groups is 2. The molecule has 1 aliphatic heterocycles. The summed E-state index contributed by atoms with van der Waals surface area (Å²) < 4.78 is 18.5. The number of aliphatic hydroxyl groups is 1. The summed E-state index contributed by atoms with van der Waals surface area (Å²) in [5.41, 5.74) is 3.93. The van der Waals surface area contributed by atoms with Gasteiger partial charge >= 0.3 is 12.0 Å². The van der Waals surface area contributed by atoms with Crippen LogP contribution in [0.2, 0.25) is 0 Å². The summed E-state index contributed by atoms with van der Waals surface area (Å²) in [4.78, 5) is 25.1. The first-order chi connectivity index (χ1) is 21.9. The Hall–Kier alpha value is -4.42. The molecule has 1 aliphatic rings. The Bertz CT molecular complexity index is 1550. The van der Waals surface area contributed by atoms with Gasteiger partial charge in [0.2, 0.25) is 0 Å². The lowest BCUT2D eigenvalue weighted by molar-refractivity contribution is -0.645. The van der Waals surface area contributed by atoms with Crippen LogP contribution in [0.25, 0.3) is 0 Å². The van der Waals surface area contributed by atoms with Gasteiger partial charge in [0.05, 0.1) is 25.9 Å². The minimum absolute atomic E-state index is 0.0438. The van der Waals surface area contributed by atoms with Crippen molar-refractivity contribution in [2.45, 2.75) is 49.0 Å². The summed E-state index contributed by atoms with van der Waals surface area (Å²) in [5.74, 6) is 0.00292. The number of benzene rings is 3. The summed E-state index contributed by atoms with van der Waals surface area (Å²) in [6, 6.07) is 28.0. The van der Waals surface area contributed by atoms with Gasteiger partial charge in [-0.3, -0.25) is 0 Å². The lowest BCUT2D eigenvalue weighted by Gasteiger charge is -2.36. The van der Waals surface area contributed by atoms with Crippen LogP contribution >= 0.6 is 11.8 Å². The minimum atomic E-state index is -0.856. The molecule has 1 saturated heterocycles. The number of amides is 2. The Morgan fingerprint density at radius 2 is 1.67 bits per heavy atom. The molecule has 4 atom stereocenters. The lowest BCUT2D eigenvalue weighted by Crippen LogP contribution is -2.45. The maximum absolute atomic E-state index is 12.8. The predicted octanol–water partition coefficient (Wildman–Crippen LogP) is 5.06. The average molecular weight is 630 g/mol. The molecule has 1 aromatic heterocycles. The highest BCUT2D eigenvalue weighted by atomic mass is 32.2. The second-order valence-corrected chi connectivity index (χ2v) is 11.6.